The molecule has 2 aliphatic rings. The number of carbonyl (C=O) groups is 1. The number of ketones is 1. The number of rotatable bonds is 3. The third-order valence-electron chi connectivity index (χ3n) is 4.57. The van der Waals surface area contributed by atoms with Crippen LogP contribution in [0.15, 0.2) is 0 Å². The summed E-state index contributed by atoms with van der Waals surface area (Å²) in [6.45, 7) is 8.02. The Kier molecular flexibility index (Phi) is 3.81. The molecule has 0 aromatic carbocycles. The molecule has 2 fully saturated rings. The highest BCUT2D eigenvalue weighted by Gasteiger charge is 2.53. The number of carbonyl (C=O) groups excluding carboxylic acids is 1. The Balaban J connectivity index is 2.08. The van der Waals surface area contributed by atoms with Crippen LogP contribution in [0.25, 0.3) is 0 Å². The number of sulfone groups is 1. The number of nitrogens with zero attached hydrogens (tertiary/aromatic N) is 1. The molecule has 2 rings (SSSR count). The van der Waals surface area contributed by atoms with E-state index < -0.39 is 21.0 Å². The molecule has 0 N–H and O–H groups in total. The summed E-state index contributed by atoms with van der Waals surface area (Å²) < 4.78 is 29.0. The quantitative estimate of drug-likeness (QED) is 0.774. The van der Waals surface area contributed by atoms with Crippen molar-refractivity contribution in [1.82, 2.24) is 4.90 Å². The first kappa shape index (κ1) is 15.9. The average molecular weight is 303 g/mol. The molecule has 0 aliphatic carbocycles. The van der Waals surface area contributed by atoms with Gasteiger partial charge in [-0.3, -0.25) is 4.79 Å². The van der Waals surface area contributed by atoms with Crippen molar-refractivity contribution in [1.29, 1.82) is 0 Å². The minimum atomic E-state index is -2.90. The van der Waals surface area contributed by atoms with Crippen molar-refractivity contribution in [3.05, 3.63) is 0 Å². The van der Waals surface area contributed by atoms with Gasteiger partial charge in [-0.05, 0) is 41.2 Å². The summed E-state index contributed by atoms with van der Waals surface area (Å²) in [4.78, 5) is 14.5. The molecule has 2 aliphatic heterocycles. The van der Waals surface area contributed by atoms with Crippen LogP contribution in [0, 0.1) is 5.92 Å². The van der Waals surface area contributed by atoms with Gasteiger partial charge in [-0.25, -0.2) is 8.42 Å². The zero-order chi connectivity index (χ0) is 15.3. The largest absolute Gasteiger partial charge is 0.361 e. The number of Topliss-reactive ketones (excluding diaryl/α,β-unsaturated/α-hetero) is 1. The second kappa shape index (κ2) is 4.78. The van der Waals surface area contributed by atoms with Crippen molar-refractivity contribution in [3.63, 3.8) is 0 Å². The van der Waals surface area contributed by atoms with E-state index in [-0.39, 0.29) is 29.2 Å². The lowest BCUT2D eigenvalue weighted by Gasteiger charge is -2.31. The number of ether oxygens (including phenoxy) is 1. The second-order valence-corrected chi connectivity index (χ2v) is 9.36. The van der Waals surface area contributed by atoms with E-state index in [1.165, 1.54) is 0 Å². The topological polar surface area (TPSA) is 63.7 Å². The highest BCUT2D eigenvalue weighted by molar-refractivity contribution is 7.91. The van der Waals surface area contributed by atoms with Crippen molar-refractivity contribution in [2.75, 3.05) is 25.1 Å². The van der Waals surface area contributed by atoms with E-state index in [1.807, 2.05) is 25.8 Å². The summed E-state index contributed by atoms with van der Waals surface area (Å²) in [6, 6.07) is 0.0207. The lowest BCUT2D eigenvalue weighted by atomic mass is 9.85. The molecule has 5 nitrogen and oxygen atoms in total. The fraction of sp³-hybridized carbons (Fsp3) is 0.929. The standard InChI is InChI=1S/C14H25NO4S/c1-13(2)11(12(16)14(3,4)19-13)8-15(5)10-6-7-20(17,18)9-10/h10-11H,6-9H2,1-5H3. The molecule has 0 radical (unpaired) electrons. The van der Waals surface area contributed by atoms with E-state index in [2.05, 4.69) is 0 Å². The molecule has 0 aromatic rings. The van der Waals surface area contributed by atoms with Crippen LogP contribution in [0.3, 0.4) is 0 Å². The Labute approximate surface area is 121 Å². The molecule has 2 unspecified atom stereocenters. The van der Waals surface area contributed by atoms with Crippen LogP contribution in [0.1, 0.15) is 34.1 Å². The molecule has 0 bridgehead atoms. The van der Waals surface area contributed by atoms with E-state index >= 15 is 0 Å². The molecule has 20 heavy (non-hydrogen) atoms. The molecule has 0 saturated carbocycles. The molecule has 2 heterocycles. The van der Waals surface area contributed by atoms with Crippen LogP contribution < -0.4 is 0 Å². The van der Waals surface area contributed by atoms with Crippen LogP contribution >= 0.6 is 0 Å². The Morgan fingerprint density at radius 3 is 2.30 bits per heavy atom. The first-order valence-electron chi connectivity index (χ1n) is 7.10. The van der Waals surface area contributed by atoms with E-state index in [0.717, 1.165) is 0 Å². The zero-order valence-corrected chi connectivity index (χ0v) is 13.8. The fourth-order valence-corrected chi connectivity index (χ4v) is 5.18. The summed E-state index contributed by atoms with van der Waals surface area (Å²) in [6.07, 6.45) is 0.657. The molecule has 2 atom stereocenters. The van der Waals surface area contributed by atoms with Gasteiger partial charge in [0.25, 0.3) is 0 Å². The van der Waals surface area contributed by atoms with Crippen LogP contribution in [0.2, 0.25) is 0 Å². The van der Waals surface area contributed by atoms with Crippen LogP contribution in [-0.2, 0) is 19.4 Å². The molecule has 0 amide bonds. The molecule has 0 aromatic heterocycles. The normalized spacial score (nSPS) is 34.8. The summed E-state index contributed by atoms with van der Waals surface area (Å²) in [5, 5.41) is 0. The first-order valence-corrected chi connectivity index (χ1v) is 8.92. The molecule has 0 spiro atoms. The summed E-state index contributed by atoms with van der Waals surface area (Å²) in [7, 11) is -0.994. The maximum absolute atomic E-state index is 12.5. The van der Waals surface area contributed by atoms with Crippen LogP contribution in [0.4, 0.5) is 0 Å². The first-order chi connectivity index (χ1) is 8.95. The fourth-order valence-electron chi connectivity index (χ4n) is 3.38. The third kappa shape index (κ3) is 2.92. The van der Waals surface area contributed by atoms with E-state index in [4.69, 9.17) is 4.74 Å². The highest BCUT2D eigenvalue weighted by atomic mass is 32.2. The lowest BCUT2D eigenvalue weighted by Crippen LogP contribution is -2.43. The number of hydrogen-bond donors (Lipinski definition) is 0. The summed E-state index contributed by atoms with van der Waals surface area (Å²) >= 11 is 0. The lowest BCUT2D eigenvalue weighted by molar-refractivity contribution is -0.132. The zero-order valence-electron chi connectivity index (χ0n) is 13.0. The molecular weight excluding hydrogens is 278 g/mol. The van der Waals surface area contributed by atoms with Gasteiger partial charge in [-0.1, -0.05) is 0 Å². The summed E-state index contributed by atoms with van der Waals surface area (Å²) in [5.74, 6) is 0.349. The van der Waals surface area contributed by atoms with Crippen LogP contribution in [0.5, 0.6) is 0 Å². The van der Waals surface area contributed by atoms with Gasteiger partial charge in [0, 0.05) is 12.6 Å². The highest BCUT2D eigenvalue weighted by Crippen LogP contribution is 2.39. The van der Waals surface area contributed by atoms with Gasteiger partial charge in [0.1, 0.15) is 5.60 Å². The Morgan fingerprint density at radius 1 is 1.30 bits per heavy atom. The predicted octanol–water partition coefficient (Wildman–Crippen LogP) is 0.878. The van der Waals surface area contributed by atoms with Crippen molar-refractivity contribution >= 4 is 15.6 Å². The van der Waals surface area contributed by atoms with Gasteiger partial charge in [0.15, 0.2) is 15.6 Å². The molecule has 2 saturated heterocycles. The predicted molar refractivity (Wildman–Crippen MR) is 77.4 cm³/mol. The van der Waals surface area contributed by atoms with Gasteiger partial charge in [0.05, 0.1) is 23.0 Å². The third-order valence-corrected chi connectivity index (χ3v) is 6.32. The maximum atomic E-state index is 12.5. The smallest absolute Gasteiger partial charge is 0.171 e. The van der Waals surface area contributed by atoms with Crippen molar-refractivity contribution in [3.8, 4) is 0 Å². The van der Waals surface area contributed by atoms with Crippen molar-refractivity contribution < 1.29 is 17.9 Å². The van der Waals surface area contributed by atoms with Gasteiger partial charge in [0.2, 0.25) is 0 Å². The van der Waals surface area contributed by atoms with Crippen molar-refractivity contribution in [2.24, 2.45) is 5.92 Å². The average Bonchev–Trinajstić information content (AvgIpc) is 2.69. The van der Waals surface area contributed by atoms with Gasteiger partial charge < -0.3 is 9.64 Å². The Bertz CT molecular complexity index is 509. The van der Waals surface area contributed by atoms with Crippen molar-refractivity contribution in [2.45, 2.75) is 51.4 Å². The van der Waals surface area contributed by atoms with Gasteiger partial charge in [-0.15, -0.1) is 0 Å². The molecule has 6 heteroatoms. The SMILES string of the molecule is CN(CC1C(=O)C(C)(C)OC1(C)C)C1CCS(=O)(=O)C1. The Morgan fingerprint density at radius 2 is 1.90 bits per heavy atom. The molecular formula is C14H25NO4S. The van der Waals surface area contributed by atoms with E-state index in [0.29, 0.717) is 13.0 Å². The minimum Gasteiger partial charge on any atom is -0.361 e. The number of hydrogen-bond acceptors (Lipinski definition) is 5. The van der Waals surface area contributed by atoms with Gasteiger partial charge >= 0.3 is 0 Å². The minimum absolute atomic E-state index is 0.0207. The van der Waals surface area contributed by atoms with Crippen LogP contribution in [-0.4, -0.2) is 61.4 Å². The maximum Gasteiger partial charge on any atom is 0.171 e. The van der Waals surface area contributed by atoms with E-state index in [9.17, 15) is 13.2 Å². The second-order valence-electron chi connectivity index (χ2n) is 7.13. The molecule has 116 valence electrons. The monoisotopic (exact) mass is 303 g/mol. The van der Waals surface area contributed by atoms with Gasteiger partial charge in [-0.2, -0.15) is 0 Å². The van der Waals surface area contributed by atoms with E-state index in [1.54, 1.807) is 13.8 Å². The Hall–Kier alpha value is -0.460. The summed E-state index contributed by atoms with van der Waals surface area (Å²) in [5.41, 5.74) is -1.26.